The second-order valence-electron chi connectivity index (χ2n) is 5.89. The van der Waals surface area contributed by atoms with Gasteiger partial charge in [0.25, 0.3) is 5.91 Å². The summed E-state index contributed by atoms with van der Waals surface area (Å²) in [5, 5.41) is 5.81. The standard InChI is InChI=1S/C19H19N3O4S/c1-22(12-14-6-3-2-4-7-14)17(23)13-25-18(24)10-9-16-20-19(21-26-16)15-8-5-11-27-15/h2-8,11H,9-10,12-13H2,1H3. The van der Waals surface area contributed by atoms with E-state index in [9.17, 15) is 9.59 Å². The van der Waals surface area contributed by atoms with Crippen molar-refractivity contribution in [1.82, 2.24) is 15.0 Å². The van der Waals surface area contributed by atoms with Crippen LogP contribution in [0.2, 0.25) is 0 Å². The number of hydrogen-bond donors (Lipinski definition) is 0. The van der Waals surface area contributed by atoms with Gasteiger partial charge in [0.1, 0.15) is 0 Å². The molecule has 0 fully saturated rings. The van der Waals surface area contributed by atoms with Crippen LogP contribution in [0.5, 0.6) is 0 Å². The Balaban J connectivity index is 1.40. The number of esters is 1. The van der Waals surface area contributed by atoms with Gasteiger partial charge in [0.05, 0.1) is 11.3 Å². The molecule has 0 radical (unpaired) electrons. The third kappa shape index (κ3) is 5.49. The highest BCUT2D eigenvalue weighted by molar-refractivity contribution is 7.13. The molecule has 7 nitrogen and oxygen atoms in total. The van der Waals surface area contributed by atoms with E-state index >= 15 is 0 Å². The molecule has 1 aromatic carbocycles. The van der Waals surface area contributed by atoms with E-state index in [1.54, 1.807) is 7.05 Å². The van der Waals surface area contributed by atoms with Crippen LogP contribution in [0.25, 0.3) is 10.7 Å². The lowest BCUT2D eigenvalue weighted by atomic mass is 10.2. The summed E-state index contributed by atoms with van der Waals surface area (Å²) < 4.78 is 10.2. The average molecular weight is 385 g/mol. The van der Waals surface area contributed by atoms with Gasteiger partial charge < -0.3 is 14.2 Å². The van der Waals surface area contributed by atoms with Crippen LogP contribution in [0.4, 0.5) is 0 Å². The molecular weight excluding hydrogens is 366 g/mol. The first-order chi connectivity index (χ1) is 13.1. The lowest BCUT2D eigenvalue weighted by Crippen LogP contribution is -2.30. The molecule has 0 atom stereocenters. The Bertz CT molecular complexity index is 878. The monoisotopic (exact) mass is 385 g/mol. The Morgan fingerprint density at radius 3 is 2.74 bits per heavy atom. The Morgan fingerprint density at radius 1 is 1.19 bits per heavy atom. The first-order valence-electron chi connectivity index (χ1n) is 8.42. The van der Waals surface area contributed by atoms with Crippen molar-refractivity contribution in [1.29, 1.82) is 0 Å². The molecular formula is C19H19N3O4S. The normalized spacial score (nSPS) is 10.6. The van der Waals surface area contributed by atoms with Gasteiger partial charge in [0, 0.05) is 20.0 Å². The number of benzene rings is 1. The number of rotatable bonds is 8. The van der Waals surface area contributed by atoms with Crippen molar-refractivity contribution in [2.24, 2.45) is 0 Å². The van der Waals surface area contributed by atoms with Crippen molar-refractivity contribution in [3.8, 4) is 10.7 Å². The zero-order valence-electron chi connectivity index (χ0n) is 14.8. The van der Waals surface area contributed by atoms with Gasteiger partial charge in [-0.2, -0.15) is 4.98 Å². The minimum Gasteiger partial charge on any atom is -0.456 e. The van der Waals surface area contributed by atoms with Gasteiger partial charge in [-0.1, -0.05) is 41.6 Å². The van der Waals surface area contributed by atoms with Crippen molar-refractivity contribution in [2.45, 2.75) is 19.4 Å². The van der Waals surface area contributed by atoms with Crippen molar-refractivity contribution in [2.75, 3.05) is 13.7 Å². The molecule has 1 amide bonds. The van der Waals surface area contributed by atoms with E-state index in [4.69, 9.17) is 9.26 Å². The molecule has 0 aliphatic rings. The summed E-state index contributed by atoms with van der Waals surface area (Å²) in [4.78, 5) is 30.6. The Morgan fingerprint density at radius 2 is 2.00 bits per heavy atom. The molecule has 8 heteroatoms. The van der Waals surface area contributed by atoms with Gasteiger partial charge in [-0.15, -0.1) is 11.3 Å². The van der Waals surface area contributed by atoms with Crippen LogP contribution in [-0.2, 0) is 27.3 Å². The summed E-state index contributed by atoms with van der Waals surface area (Å²) in [6.07, 6.45) is 0.340. The topological polar surface area (TPSA) is 85.5 Å². The van der Waals surface area contributed by atoms with Gasteiger partial charge in [-0.3, -0.25) is 9.59 Å². The van der Waals surface area contributed by atoms with E-state index in [0.717, 1.165) is 10.4 Å². The third-order valence-electron chi connectivity index (χ3n) is 3.80. The van der Waals surface area contributed by atoms with Crippen LogP contribution in [-0.4, -0.2) is 40.6 Å². The molecule has 2 heterocycles. The molecule has 0 aliphatic heterocycles. The molecule has 0 bridgehead atoms. The van der Waals surface area contributed by atoms with E-state index in [2.05, 4.69) is 10.1 Å². The first-order valence-corrected chi connectivity index (χ1v) is 9.30. The molecule has 3 rings (SSSR count). The number of ether oxygens (including phenoxy) is 1. The van der Waals surface area contributed by atoms with Crippen LogP contribution in [0.1, 0.15) is 17.9 Å². The SMILES string of the molecule is CN(Cc1ccccc1)C(=O)COC(=O)CCc1nc(-c2cccs2)no1. The van der Waals surface area contributed by atoms with E-state index in [-0.39, 0.29) is 25.4 Å². The zero-order valence-corrected chi connectivity index (χ0v) is 15.6. The Kier molecular flexibility index (Phi) is 6.32. The second kappa shape index (κ2) is 9.09. The highest BCUT2D eigenvalue weighted by atomic mass is 32.1. The summed E-state index contributed by atoms with van der Waals surface area (Å²) in [6.45, 7) is 0.178. The fraction of sp³-hybridized carbons (Fsp3) is 0.263. The van der Waals surface area contributed by atoms with Crippen molar-refractivity contribution in [3.63, 3.8) is 0 Å². The van der Waals surface area contributed by atoms with Gasteiger partial charge in [-0.25, -0.2) is 0 Å². The fourth-order valence-corrected chi connectivity index (χ4v) is 2.99. The zero-order chi connectivity index (χ0) is 19.1. The van der Waals surface area contributed by atoms with Crippen LogP contribution >= 0.6 is 11.3 Å². The number of thiophene rings is 1. The fourth-order valence-electron chi connectivity index (χ4n) is 2.34. The van der Waals surface area contributed by atoms with E-state index < -0.39 is 5.97 Å². The quantitative estimate of drug-likeness (QED) is 0.554. The van der Waals surface area contributed by atoms with Crippen LogP contribution < -0.4 is 0 Å². The predicted octanol–water partition coefficient (Wildman–Crippen LogP) is 2.93. The van der Waals surface area contributed by atoms with Crippen LogP contribution in [0.15, 0.2) is 52.4 Å². The van der Waals surface area contributed by atoms with Gasteiger partial charge >= 0.3 is 5.97 Å². The second-order valence-corrected chi connectivity index (χ2v) is 6.83. The molecule has 0 aliphatic carbocycles. The number of likely N-dealkylation sites (N-methyl/N-ethyl adjacent to an activating group) is 1. The summed E-state index contributed by atoms with van der Waals surface area (Å²) >= 11 is 1.51. The molecule has 2 aromatic heterocycles. The summed E-state index contributed by atoms with van der Waals surface area (Å²) in [5.74, 6) is 0.131. The first kappa shape index (κ1) is 18.8. The molecule has 0 saturated heterocycles. The van der Waals surface area contributed by atoms with Crippen molar-refractivity contribution >= 4 is 23.2 Å². The van der Waals surface area contributed by atoms with Crippen LogP contribution in [0, 0.1) is 0 Å². The Labute approximate surface area is 160 Å². The number of carbonyl (C=O) groups is 2. The lowest BCUT2D eigenvalue weighted by Gasteiger charge is -2.17. The number of hydrogen-bond acceptors (Lipinski definition) is 7. The molecule has 0 N–H and O–H groups in total. The van der Waals surface area contributed by atoms with Crippen molar-refractivity contribution < 1.29 is 18.8 Å². The van der Waals surface area contributed by atoms with Gasteiger partial charge in [-0.05, 0) is 17.0 Å². The Hall–Kier alpha value is -3.00. The predicted molar refractivity (Wildman–Crippen MR) is 99.8 cm³/mol. The third-order valence-corrected chi connectivity index (χ3v) is 4.66. The minimum atomic E-state index is -0.479. The van der Waals surface area contributed by atoms with Crippen LogP contribution in [0.3, 0.4) is 0 Å². The summed E-state index contributed by atoms with van der Waals surface area (Å²) in [5.41, 5.74) is 1.01. The average Bonchev–Trinajstić information content (AvgIpc) is 3.36. The van der Waals surface area contributed by atoms with E-state index in [1.165, 1.54) is 16.2 Å². The molecule has 3 aromatic rings. The lowest BCUT2D eigenvalue weighted by molar-refractivity contribution is -0.151. The minimum absolute atomic E-state index is 0.0712. The molecule has 0 spiro atoms. The maximum Gasteiger partial charge on any atom is 0.306 e. The summed E-state index contributed by atoms with van der Waals surface area (Å²) in [6, 6.07) is 13.4. The van der Waals surface area contributed by atoms with E-state index in [1.807, 2.05) is 47.8 Å². The highest BCUT2D eigenvalue weighted by Gasteiger charge is 2.15. The molecule has 0 unspecified atom stereocenters. The smallest absolute Gasteiger partial charge is 0.306 e. The summed E-state index contributed by atoms with van der Waals surface area (Å²) in [7, 11) is 1.67. The number of amides is 1. The maximum atomic E-state index is 12.1. The van der Waals surface area contributed by atoms with Crippen molar-refractivity contribution in [3.05, 3.63) is 59.3 Å². The van der Waals surface area contributed by atoms with Gasteiger partial charge in [0.15, 0.2) is 6.61 Å². The number of aryl methyl sites for hydroxylation is 1. The largest absolute Gasteiger partial charge is 0.456 e. The number of carbonyl (C=O) groups excluding carboxylic acids is 2. The molecule has 0 saturated carbocycles. The highest BCUT2D eigenvalue weighted by Crippen LogP contribution is 2.21. The molecule has 27 heavy (non-hydrogen) atoms. The van der Waals surface area contributed by atoms with Gasteiger partial charge in [0.2, 0.25) is 11.7 Å². The molecule has 140 valence electrons. The number of aromatic nitrogens is 2. The number of nitrogens with zero attached hydrogens (tertiary/aromatic N) is 3. The maximum absolute atomic E-state index is 12.1. The van der Waals surface area contributed by atoms with E-state index in [0.29, 0.717) is 18.3 Å².